The monoisotopic (exact) mass is 554 g/mol. The van der Waals surface area contributed by atoms with E-state index < -0.39 is 0 Å². The fraction of sp³-hybridized carbons (Fsp3) is 0.0750. The van der Waals surface area contributed by atoms with E-state index in [0.717, 1.165) is 44.9 Å². The number of nitrogens with zero attached hydrogens (tertiary/aromatic N) is 2. The molecule has 43 heavy (non-hydrogen) atoms. The smallest absolute Gasteiger partial charge is 0.227 e. The van der Waals surface area contributed by atoms with Gasteiger partial charge in [0.05, 0.1) is 0 Å². The summed E-state index contributed by atoms with van der Waals surface area (Å²) in [5, 5.41) is 0. The molecule has 1 heterocycles. The highest BCUT2D eigenvalue weighted by Gasteiger charge is 2.35. The van der Waals surface area contributed by atoms with Gasteiger partial charge in [-0.05, 0) is 82.4 Å². The van der Waals surface area contributed by atoms with E-state index >= 15 is 0 Å². The first kappa shape index (κ1) is 25.3. The minimum absolute atomic E-state index is 0.0664. The third kappa shape index (κ3) is 4.16. The molecular weight excluding hydrogens is 524 g/mol. The molecule has 0 aliphatic heterocycles. The number of anilines is 3. The molecule has 0 spiro atoms. The molecule has 0 fully saturated rings. The molecule has 8 rings (SSSR count). The van der Waals surface area contributed by atoms with Crippen LogP contribution in [0.5, 0.6) is 0 Å². The number of hydrogen-bond acceptors (Lipinski definition) is 3. The molecule has 0 unspecified atom stereocenters. The molecule has 3 heteroatoms. The van der Waals surface area contributed by atoms with Crippen LogP contribution in [0.3, 0.4) is 0 Å². The third-order valence-corrected chi connectivity index (χ3v) is 8.72. The summed E-state index contributed by atoms with van der Waals surface area (Å²) in [6, 6.07) is 51.3. The molecule has 0 N–H and O–H groups in total. The second-order valence-corrected chi connectivity index (χ2v) is 11.7. The number of oxazole rings is 1. The van der Waals surface area contributed by atoms with Crippen molar-refractivity contribution in [2.75, 3.05) is 4.90 Å². The second kappa shape index (κ2) is 9.85. The molecular formula is C40H30N2O. The largest absolute Gasteiger partial charge is 0.436 e. The van der Waals surface area contributed by atoms with Gasteiger partial charge < -0.3 is 9.32 Å². The van der Waals surface area contributed by atoms with Crippen LogP contribution in [0.15, 0.2) is 150 Å². The van der Waals surface area contributed by atoms with Crippen molar-refractivity contribution in [1.82, 2.24) is 4.98 Å². The Kier molecular flexibility index (Phi) is 5.80. The van der Waals surface area contributed by atoms with Gasteiger partial charge in [0.2, 0.25) is 5.89 Å². The Morgan fingerprint density at radius 1 is 0.512 bits per heavy atom. The fourth-order valence-electron chi connectivity index (χ4n) is 6.53. The number of hydrogen-bond donors (Lipinski definition) is 0. The van der Waals surface area contributed by atoms with Gasteiger partial charge in [0.15, 0.2) is 5.58 Å². The summed E-state index contributed by atoms with van der Waals surface area (Å²) in [5.41, 5.74) is 13.5. The van der Waals surface area contributed by atoms with E-state index in [1.807, 2.05) is 42.5 Å². The Labute approximate surface area is 251 Å². The number of fused-ring (bicyclic) bond motifs is 4. The maximum absolute atomic E-state index is 6.15. The van der Waals surface area contributed by atoms with Gasteiger partial charge in [0.1, 0.15) is 5.52 Å². The van der Waals surface area contributed by atoms with Crippen molar-refractivity contribution >= 4 is 28.2 Å². The van der Waals surface area contributed by atoms with Gasteiger partial charge in [-0.3, -0.25) is 0 Å². The quantitative estimate of drug-likeness (QED) is 0.212. The van der Waals surface area contributed by atoms with Crippen molar-refractivity contribution < 1.29 is 4.42 Å². The summed E-state index contributed by atoms with van der Waals surface area (Å²) in [5.74, 6) is 0.636. The molecule has 0 bridgehead atoms. The molecule has 1 aliphatic rings. The lowest BCUT2D eigenvalue weighted by Crippen LogP contribution is -2.16. The molecule has 3 nitrogen and oxygen atoms in total. The summed E-state index contributed by atoms with van der Waals surface area (Å²) in [7, 11) is 0. The molecule has 0 atom stereocenters. The Bertz CT molecular complexity index is 2090. The minimum atomic E-state index is -0.0664. The van der Waals surface area contributed by atoms with Gasteiger partial charge in [0, 0.05) is 33.6 Å². The van der Waals surface area contributed by atoms with E-state index in [0.29, 0.717) is 5.89 Å². The van der Waals surface area contributed by atoms with Crippen molar-refractivity contribution in [1.29, 1.82) is 0 Å². The Hall–Kier alpha value is -5.41. The van der Waals surface area contributed by atoms with Gasteiger partial charge in [-0.15, -0.1) is 0 Å². The van der Waals surface area contributed by atoms with Crippen LogP contribution >= 0.6 is 0 Å². The van der Waals surface area contributed by atoms with Gasteiger partial charge in [-0.25, -0.2) is 4.98 Å². The van der Waals surface area contributed by atoms with Gasteiger partial charge in [-0.2, -0.15) is 0 Å². The zero-order chi connectivity index (χ0) is 29.0. The van der Waals surface area contributed by atoms with E-state index in [2.05, 4.69) is 122 Å². The highest BCUT2D eigenvalue weighted by atomic mass is 16.3. The van der Waals surface area contributed by atoms with Crippen LogP contribution in [0.2, 0.25) is 0 Å². The highest BCUT2D eigenvalue weighted by Crippen LogP contribution is 2.50. The predicted octanol–water partition coefficient (Wildman–Crippen LogP) is 10.9. The van der Waals surface area contributed by atoms with E-state index in [4.69, 9.17) is 9.40 Å². The summed E-state index contributed by atoms with van der Waals surface area (Å²) in [4.78, 5) is 7.24. The number of aromatic nitrogens is 1. The molecule has 0 amide bonds. The van der Waals surface area contributed by atoms with Crippen LogP contribution in [0.25, 0.3) is 44.8 Å². The van der Waals surface area contributed by atoms with Crippen molar-refractivity contribution in [3.05, 3.63) is 157 Å². The Morgan fingerprint density at radius 2 is 1.14 bits per heavy atom. The standard InChI is InChI=1S/C40H30N2O/c1-40(2)35-18-10-9-16-33(35)34-25-24-31(26-36(34)40)42(29-14-7-4-8-15-29)30-22-20-27(21-23-30)32-17-11-19-37-38(32)41-39(43-37)28-12-5-3-6-13-28/h3-26H,1-2H3. The summed E-state index contributed by atoms with van der Waals surface area (Å²) in [6.45, 7) is 4.66. The van der Waals surface area contributed by atoms with E-state index in [1.54, 1.807) is 0 Å². The molecule has 6 aromatic carbocycles. The van der Waals surface area contributed by atoms with E-state index in [9.17, 15) is 0 Å². The van der Waals surface area contributed by atoms with Gasteiger partial charge in [-0.1, -0.05) is 105 Å². The second-order valence-electron chi connectivity index (χ2n) is 11.7. The van der Waals surface area contributed by atoms with Crippen LogP contribution in [-0.2, 0) is 5.41 Å². The molecule has 0 saturated heterocycles. The minimum Gasteiger partial charge on any atom is -0.436 e. The van der Waals surface area contributed by atoms with Crippen LogP contribution in [0.4, 0.5) is 17.1 Å². The lowest BCUT2D eigenvalue weighted by atomic mass is 9.82. The average molecular weight is 555 g/mol. The Morgan fingerprint density at radius 3 is 1.93 bits per heavy atom. The normalized spacial score (nSPS) is 13.1. The third-order valence-electron chi connectivity index (χ3n) is 8.72. The molecule has 1 aromatic heterocycles. The summed E-state index contributed by atoms with van der Waals surface area (Å²) >= 11 is 0. The van der Waals surface area contributed by atoms with E-state index in [1.165, 1.54) is 22.3 Å². The zero-order valence-corrected chi connectivity index (χ0v) is 24.2. The van der Waals surface area contributed by atoms with Crippen molar-refractivity contribution in [2.45, 2.75) is 19.3 Å². The highest BCUT2D eigenvalue weighted by molar-refractivity contribution is 5.93. The van der Waals surface area contributed by atoms with Crippen LogP contribution in [-0.4, -0.2) is 4.98 Å². The SMILES string of the molecule is CC1(C)c2ccccc2-c2ccc(N(c3ccccc3)c3ccc(-c4cccc5oc(-c6ccccc6)nc45)cc3)cc21. The van der Waals surface area contributed by atoms with Gasteiger partial charge in [0.25, 0.3) is 0 Å². The number of para-hydroxylation sites is 2. The zero-order valence-electron chi connectivity index (χ0n) is 24.2. The maximum Gasteiger partial charge on any atom is 0.227 e. The average Bonchev–Trinajstić information content (AvgIpc) is 3.60. The maximum atomic E-state index is 6.15. The molecule has 1 aliphatic carbocycles. The van der Waals surface area contributed by atoms with Crippen molar-refractivity contribution in [2.24, 2.45) is 0 Å². The first-order chi connectivity index (χ1) is 21.1. The lowest BCUT2D eigenvalue weighted by molar-refractivity contribution is 0.620. The lowest BCUT2D eigenvalue weighted by Gasteiger charge is -2.28. The first-order valence-electron chi connectivity index (χ1n) is 14.7. The predicted molar refractivity (Wildman–Crippen MR) is 177 cm³/mol. The van der Waals surface area contributed by atoms with Crippen molar-refractivity contribution in [3.63, 3.8) is 0 Å². The molecule has 0 saturated carbocycles. The van der Waals surface area contributed by atoms with Crippen molar-refractivity contribution in [3.8, 4) is 33.7 Å². The van der Waals surface area contributed by atoms with Crippen LogP contribution in [0.1, 0.15) is 25.0 Å². The molecule has 0 radical (unpaired) electrons. The molecule has 206 valence electrons. The summed E-state index contributed by atoms with van der Waals surface area (Å²) < 4.78 is 6.15. The van der Waals surface area contributed by atoms with Crippen LogP contribution in [0, 0.1) is 0 Å². The topological polar surface area (TPSA) is 29.3 Å². The van der Waals surface area contributed by atoms with Gasteiger partial charge >= 0.3 is 0 Å². The fourth-order valence-corrected chi connectivity index (χ4v) is 6.53. The molecule has 7 aromatic rings. The first-order valence-corrected chi connectivity index (χ1v) is 14.7. The van der Waals surface area contributed by atoms with E-state index in [-0.39, 0.29) is 5.41 Å². The summed E-state index contributed by atoms with van der Waals surface area (Å²) in [6.07, 6.45) is 0. The Balaban J connectivity index is 1.21. The number of rotatable bonds is 5. The number of benzene rings is 6. The van der Waals surface area contributed by atoms with Crippen LogP contribution < -0.4 is 4.90 Å².